The summed E-state index contributed by atoms with van der Waals surface area (Å²) in [6.07, 6.45) is 0. The molecule has 7 heteroatoms. The van der Waals surface area contributed by atoms with Gasteiger partial charge in [0.2, 0.25) is 0 Å². The highest BCUT2D eigenvalue weighted by Crippen LogP contribution is 2.19. The molecule has 142 valence electrons. The van der Waals surface area contributed by atoms with Crippen molar-refractivity contribution < 1.29 is 14.5 Å². The summed E-state index contributed by atoms with van der Waals surface area (Å²) in [6.45, 7) is 4.01. The zero-order valence-electron chi connectivity index (χ0n) is 15.3. The number of carbonyl (C=O) groups excluding carboxylic acids is 2. The third-order valence-corrected chi connectivity index (χ3v) is 4.95. The van der Waals surface area contributed by atoms with E-state index < -0.39 is 0 Å². The van der Waals surface area contributed by atoms with E-state index in [1.165, 1.54) is 4.90 Å². The molecule has 0 spiro atoms. The SMILES string of the molecule is CNC(=O)c1ccc(NC(=O)C[NH+]2CCN(c3cccc(Cl)c3)CC2)cc1. The van der Waals surface area contributed by atoms with Crippen molar-refractivity contribution >= 4 is 34.8 Å². The Kier molecular flexibility index (Phi) is 6.32. The molecule has 1 aliphatic rings. The van der Waals surface area contributed by atoms with Crippen LogP contribution in [0.3, 0.4) is 0 Å². The molecule has 0 aromatic heterocycles. The van der Waals surface area contributed by atoms with Gasteiger partial charge in [-0.2, -0.15) is 0 Å². The van der Waals surface area contributed by atoms with Gasteiger partial charge >= 0.3 is 0 Å². The molecule has 1 heterocycles. The van der Waals surface area contributed by atoms with E-state index >= 15 is 0 Å². The van der Waals surface area contributed by atoms with Crippen molar-refractivity contribution in [1.29, 1.82) is 0 Å². The molecule has 0 atom stereocenters. The van der Waals surface area contributed by atoms with Gasteiger partial charge in [-0.3, -0.25) is 9.59 Å². The summed E-state index contributed by atoms with van der Waals surface area (Å²) >= 11 is 6.07. The first-order valence-electron chi connectivity index (χ1n) is 9.01. The van der Waals surface area contributed by atoms with E-state index in [1.54, 1.807) is 31.3 Å². The normalized spacial score (nSPS) is 14.7. The first-order valence-corrected chi connectivity index (χ1v) is 9.39. The van der Waals surface area contributed by atoms with Gasteiger partial charge in [-0.15, -0.1) is 0 Å². The number of nitrogens with zero attached hydrogens (tertiary/aromatic N) is 1. The third-order valence-electron chi connectivity index (χ3n) is 4.71. The van der Waals surface area contributed by atoms with Crippen molar-refractivity contribution in [3.8, 4) is 0 Å². The quantitative estimate of drug-likeness (QED) is 0.718. The summed E-state index contributed by atoms with van der Waals surface area (Å²) in [6, 6.07) is 14.8. The average molecular weight is 388 g/mol. The Labute approximate surface area is 164 Å². The zero-order valence-corrected chi connectivity index (χ0v) is 16.1. The Morgan fingerprint density at radius 2 is 1.81 bits per heavy atom. The minimum Gasteiger partial charge on any atom is -0.360 e. The maximum absolute atomic E-state index is 12.3. The summed E-state index contributed by atoms with van der Waals surface area (Å²) in [5.41, 5.74) is 2.39. The monoisotopic (exact) mass is 387 g/mol. The molecule has 0 saturated carbocycles. The highest BCUT2D eigenvalue weighted by Gasteiger charge is 2.22. The van der Waals surface area contributed by atoms with E-state index in [0.29, 0.717) is 17.8 Å². The number of nitrogens with one attached hydrogen (secondary N) is 3. The molecule has 3 N–H and O–H groups in total. The molecular weight excluding hydrogens is 364 g/mol. The Morgan fingerprint density at radius 1 is 1.11 bits per heavy atom. The van der Waals surface area contributed by atoms with Crippen molar-refractivity contribution in [2.45, 2.75) is 0 Å². The molecule has 6 nitrogen and oxygen atoms in total. The van der Waals surface area contributed by atoms with E-state index in [-0.39, 0.29) is 11.8 Å². The van der Waals surface area contributed by atoms with Gasteiger partial charge in [0.1, 0.15) is 0 Å². The maximum atomic E-state index is 12.3. The fraction of sp³-hybridized carbons (Fsp3) is 0.300. The first-order chi connectivity index (χ1) is 13.0. The lowest BCUT2D eigenvalue weighted by Crippen LogP contribution is -3.15. The van der Waals surface area contributed by atoms with Crippen LogP contribution in [0.5, 0.6) is 0 Å². The van der Waals surface area contributed by atoms with Gasteiger partial charge in [-0.1, -0.05) is 17.7 Å². The molecular formula is C20H24ClN4O2+. The molecule has 1 fully saturated rings. The van der Waals surface area contributed by atoms with Crippen molar-refractivity contribution in [3.05, 3.63) is 59.1 Å². The van der Waals surface area contributed by atoms with Crippen LogP contribution < -0.4 is 20.4 Å². The number of benzene rings is 2. The van der Waals surface area contributed by atoms with Crippen LogP contribution >= 0.6 is 11.6 Å². The smallest absolute Gasteiger partial charge is 0.279 e. The van der Waals surface area contributed by atoms with Gasteiger partial charge in [0, 0.05) is 29.0 Å². The standard InChI is InChI=1S/C20H23ClN4O2/c1-22-20(27)15-5-7-17(8-6-15)23-19(26)14-24-9-11-25(12-10-24)18-4-2-3-16(21)13-18/h2-8,13H,9-12,14H2,1H3,(H,22,27)(H,23,26)/p+1. The van der Waals surface area contributed by atoms with Crippen LogP contribution in [-0.4, -0.2) is 51.6 Å². The first kappa shape index (κ1) is 19.2. The highest BCUT2D eigenvalue weighted by molar-refractivity contribution is 6.30. The predicted molar refractivity (Wildman–Crippen MR) is 108 cm³/mol. The number of amides is 2. The molecule has 27 heavy (non-hydrogen) atoms. The van der Waals surface area contributed by atoms with Crippen LogP contribution in [0.2, 0.25) is 5.02 Å². The van der Waals surface area contributed by atoms with Crippen LogP contribution in [0.15, 0.2) is 48.5 Å². The van der Waals surface area contributed by atoms with Crippen LogP contribution in [0, 0.1) is 0 Å². The summed E-state index contributed by atoms with van der Waals surface area (Å²) in [5, 5.41) is 6.21. The minimum atomic E-state index is -0.144. The van der Waals surface area contributed by atoms with Crippen molar-refractivity contribution in [2.24, 2.45) is 0 Å². The van der Waals surface area contributed by atoms with E-state index in [9.17, 15) is 9.59 Å². The third kappa shape index (κ3) is 5.21. The highest BCUT2D eigenvalue weighted by atomic mass is 35.5. The summed E-state index contributed by atoms with van der Waals surface area (Å²) in [7, 11) is 1.59. The van der Waals surface area contributed by atoms with E-state index in [0.717, 1.165) is 36.9 Å². The summed E-state index contributed by atoms with van der Waals surface area (Å²) in [4.78, 5) is 27.4. The number of hydrogen-bond acceptors (Lipinski definition) is 3. The average Bonchev–Trinajstić information content (AvgIpc) is 2.68. The number of carbonyl (C=O) groups is 2. The second-order valence-electron chi connectivity index (χ2n) is 6.60. The second kappa shape index (κ2) is 8.88. The minimum absolute atomic E-state index is 0.0195. The number of piperazine rings is 1. The molecule has 1 saturated heterocycles. The molecule has 2 aromatic rings. The number of rotatable bonds is 5. The fourth-order valence-corrected chi connectivity index (χ4v) is 3.40. The zero-order chi connectivity index (χ0) is 19.2. The Bertz CT molecular complexity index is 802. The van der Waals surface area contributed by atoms with Crippen LogP contribution in [-0.2, 0) is 4.79 Å². The predicted octanol–water partition coefficient (Wildman–Crippen LogP) is 1.04. The van der Waals surface area contributed by atoms with Crippen molar-refractivity contribution in [1.82, 2.24) is 5.32 Å². The lowest BCUT2D eigenvalue weighted by molar-refractivity contribution is -0.892. The van der Waals surface area contributed by atoms with Gasteiger partial charge in [0.15, 0.2) is 6.54 Å². The summed E-state index contributed by atoms with van der Waals surface area (Å²) < 4.78 is 0. The number of anilines is 2. The van der Waals surface area contributed by atoms with Crippen molar-refractivity contribution in [2.75, 3.05) is 50.0 Å². The van der Waals surface area contributed by atoms with Crippen LogP contribution in [0.1, 0.15) is 10.4 Å². The van der Waals surface area contributed by atoms with Gasteiger partial charge in [0.05, 0.1) is 26.2 Å². The maximum Gasteiger partial charge on any atom is 0.279 e. The van der Waals surface area contributed by atoms with Gasteiger partial charge in [-0.25, -0.2) is 0 Å². The molecule has 0 aliphatic carbocycles. The summed E-state index contributed by atoms with van der Waals surface area (Å²) in [5.74, 6) is -0.163. The molecule has 0 bridgehead atoms. The number of halogens is 1. The van der Waals surface area contributed by atoms with E-state index in [1.807, 2.05) is 18.2 Å². The molecule has 2 aromatic carbocycles. The Balaban J connectivity index is 1.47. The fourth-order valence-electron chi connectivity index (χ4n) is 3.21. The van der Waals surface area contributed by atoms with Crippen LogP contribution in [0.25, 0.3) is 0 Å². The van der Waals surface area contributed by atoms with Gasteiger partial charge < -0.3 is 20.4 Å². The number of hydrogen-bond donors (Lipinski definition) is 3. The molecule has 2 amide bonds. The van der Waals surface area contributed by atoms with Gasteiger partial charge in [-0.05, 0) is 42.5 Å². The molecule has 1 aliphatic heterocycles. The number of quaternary nitrogens is 1. The lowest BCUT2D eigenvalue weighted by Gasteiger charge is -2.33. The molecule has 3 rings (SSSR count). The Morgan fingerprint density at radius 3 is 2.44 bits per heavy atom. The molecule has 0 radical (unpaired) electrons. The topological polar surface area (TPSA) is 65.9 Å². The van der Waals surface area contributed by atoms with E-state index in [2.05, 4.69) is 21.6 Å². The van der Waals surface area contributed by atoms with Crippen molar-refractivity contribution in [3.63, 3.8) is 0 Å². The Hall–Kier alpha value is -2.57. The van der Waals surface area contributed by atoms with Crippen LogP contribution in [0.4, 0.5) is 11.4 Å². The molecule has 0 unspecified atom stereocenters. The largest absolute Gasteiger partial charge is 0.360 e. The second-order valence-corrected chi connectivity index (χ2v) is 7.03. The lowest BCUT2D eigenvalue weighted by atomic mass is 10.2. The van der Waals surface area contributed by atoms with E-state index in [4.69, 9.17) is 11.6 Å². The van der Waals surface area contributed by atoms with Gasteiger partial charge in [0.25, 0.3) is 11.8 Å².